The standard InChI is InChI=1S/C13H16F3NO/c14-13(15,16)10-2-4-11(5-3-10)17-8-9-1-6-12(18)7-9/h2-5,9,12,17-18H,1,6-8H2. The molecule has 1 aliphatic carbocycles. The number of aliphatic hydroxyl groups is 1. The van der Waals surface area contributed by atoms with Crippen LogP contribution in [0.2, 0.25) is 0 Å². The molecule has 2 N–H and O–H groups in total. The summed E-state index contributed by atoms with van der Waals surface area (Å²) in [5.41, 5.74) is 0.0497. The van der Waals surface area contributed by atoms with Gasteiger partial charge in [-0.15, -0.1) is 0 Å². The highest BCUT2D eigenvalue weighted by molar-refractivity contribution is 5.45. The van der Waals surface area contributed by atoms with E-state index in [1.807, 2.05) is 0 Å². The molecule has 0 saturated heterocycles. The van der Waals surface area contributed by atoms with Crippen molar-refractivity contribution in [1.82, 2.24) is 0 Å². The Balaban J connectivity index is 1.87. The number of alkyl halides is 3. The Morgan fingerprint density at radius 2 is 1.83 bits per heavy atom. The average Bonchev–Trinajstić information content (AvgIpc) is 2.72. The third kappa shape index (κ3) is 3.38. The van der Waals surface area contributed by atoms with Crippen LogP contribution in [-0.4, -0.2) is 17.8 Å². The summed E-state index contributed by atoms with van der Waals surface area (Å²) in [6.45, 7) is 0.697. The van der Waals surface area contributed by atoms with E-state index in [2.05, 4.69) is 5.32 Å². The smallest absolute Gasteiger partial charge is 0.393 e. The van der Waals surface area contributed by atoms with E-state index in [9.17, 15) is 18.3 Å². The predicted octanol–water partition coefficient (Wildman–Crippen LogP) is 3.28. The van der Waals surface area contributed by atoms with Crippen LogP contribution in [0, 0.1) is 5.92 Å². The quantitative estimate of drug-likeness (QED) is 0.873. The molecule has 0 aromatic heterocycles. The van der Waals surface area contributed by atoms with E-state index in [1.54, 1.807) is 0 Å². The molecule has 1 aromatic rings. The molecule has 0 bridgehead atoms. The first-order valence-corrected chi connectivity index (χ1v) is 6.04. The zero-order valence-electron chi connectivity index (χ0n) is 9.87. The highest BCUT2D eigenvalue weighted by Gasteiger charge is 2.30. The third-order valence-electron chi connectivity index (χ3n) is 3.32. The fourth-order valence-corrected chi connectivity index (χ4v) is 2.27. The summed E-state index contributed by atoms with van der Waals surface area (Å²) < 4.78 is 37.0. The van der Waals surface area contributed by atoms with Gasteiger partial charge in [-0.25, -0.2) is 0 Å². The lowest BCUT2D eigenvalue weighted by Gasteiger charge is -2.13. The van der Waals surface area contributed by atoms with Crippen LogP contribution in [0.3, 0.4) is 0 Å². The van der Waals surface area contributed by atoms with Crippen LogP contribution < -0.4 is 5.32 Å². The molecule has 2 nitrogen and oxygen atoms in total. The van der Waals surface area contributed by atoms with Crippen molar-refractivity contribution in [3.05, 3.63) is 29.8 Å². The first kappa shape index (κ1) is 13.2. The summed E-state index contributed by atoms with van der Waals surface area (Å²) in [4.78, 5) is 0. The molecular formula is C13H16F3NO. The van der Waals surface area contributed by atoms with E-state index in [4.69, 9.17) is 0 Å². The third-order valence-corrected chi connectivity index (χ3v) is 3.32. The maximum Gasteiger partial charge on any atom is 0.416 e. The number of anilines is 1. The summed E-state index contributed by atoms with van der Waals surface area (Å²) >= 11 is 0. The molecule has 0 heterocycles. The van der Waals surface area contributed by atoms with Gasteiger partial charge in [-0.3, -0.25) is 0 Å². The van der Waals surface area contributed by atoms with Crippen LogP contribution in [0.5, 0.6) is 0 Å². The summed E-state index contributed by atoms with van der Waals surface area (Å²) in [5, 5.41) is 12.5. The normalized spacial score (nSPS) is 24.2. The van der Waals surface area contributed by atoms with E-state index >= 15 is 0 Å². The van der Waals surface area contributed by atoms with Crippen LogP contribution in [0.25, 0.3) is 0 Å². The first-order chi connectivity index (χ1) is 8.45. The van der Waals surface area contributed by atoms with Gasteiger partial charge in [0.2, 0.25) is 0 Å². The van der Waals surface area contributed by atoms with Crippen molar-refractivity contribution in [2.45, 2.75) is 31.5 Å². The van der Waals surface area contributed by atoms with Gasteiger partial charge in [0.05, 0.1) is 11.7 Å². The monoisotopic (exact) mass is 259 g/mol. The van der Waals surface area contributed by atoms with Crippen molar-refractivity contribution < 1.29 is 18.3 Å². The Morgan fingerprint density at radius 1 is 1.17 bits per heavy atom. The Hall–Kier alpha value is -1.23. The van der Waals surface area contributed by atoms with Crippen LogP contribution in [0.15, 0.2) is 24.3 Å². The summed E-state index contributed by atoms with van der Waals surface area (Å²) in [5.74, 6) is 0.405. The van der Waals surface area contributed by atoms with Crippen LogP contribution in [0.4, 0.5) is 18.9 Å². The number of nitrogens with one attached hydrogen (secondary N) is 1. The number of rotatable bonds is 3. The minimum atomic E-state index is -4.28. The molecule has 2 unspecified atom stereocenters. The molecule has 1 fully saturated rings. The molecule has 1 saturated carbocycles. The van der Waals surface area contributed by atoms with Gasteiger partial charge in [0, 0.05) is 12.2 Å². The molecule has 100 valence electrons. The second-order valence-electron chi connectivity index (χ2n) is 4.79. The van der Waals surface area contributed by atoms with Crippen molar-refractivity contribution in [3.63, 3.8) is 0 Å². The summed E-state index contributed by atoms with van der Waals surface area (Å²) in [6.07, 6.45) is -1.94. The van der Waals surface area contributed by atoms with Gasteiger partial charge < -0.3 is 10.4 Å². The molecule has 2 atom stereocenters. The van der Waals surface area contributed by atoms with Crippen LogP contribution in [-0.2, 0) is 6.18 Å². The van der Waals surface area contributed by atoms with E-state index in [1.165, 1.54) is 12.1 Å². The lowest BCUT2D eigenvalue weighted by atomic mass is 10.1. The molecule has 0 radical (unpaired) electrons. The highest BCUT2D eigenvalue weighted by Crippen LogP contribution is 2.30. The fraction of sp³-hybridized carbons (Fsp3) is 0.538. The van der Waals surface area contributed by atoms with E-state index in [0.29, 0.717) is 18.2 Å². The zero-order valence-corrected chi connectivity index (χ0v) is 9.87. The van der Waals surface area contributed by atoms with Gasteiger partial charge >= 0.3 is 6.18 Å². The molecule has 1 aliphatic rings. The second-order valence-corrected chi connectivity index (χ2v) is 4.79. The lowest BCUT2D eigenvalue weighted by molar-refractivity contribution is -0.137. The zero-order chi connectivity index (χ0) is 13.2. The molecule has 18 heavy (non-hydrogen) atoms. The number of halogens is 3. The van der Waals surface area contributed by atoms with Crippen molar-refractivity contribution in [2.24, 2.45) is 5.92 Å². The van der Waals surface area contributed by atoms with Gasteiger partial charge in [0.25, 0.3) is 0 Å². The number of aliphatic hydroxyl groups excluding tert-OH is 1. The maximum atomic E-state index is 12.3. The van der Waals surface area contributed by atoms with Crippen molar-refractivity contribution in [2.75, 3.05) is 11.9 Å². The van der Waals surface area contributed by atoms with Gasteiger partial charge in [-0.05, 0) is 49.4 Å². The highest BCUT2D eigenvalue weighted by atomic mass is 19.4. The topological polar surface area (TPSA) is 32.3 Å². The summed E-state index contributed by atoms with van der Waals surface area (Å²) in [6, 6.07) is 5.03. The molecule has 2 rings (SSSR count). The number of hydrogen-bond acceptors (Lipinski definition) is 2. The fourth-order valence-electron chi connectivity index (χ4n) is 2.27. The maximum absolute atomic E-state index is 12.3. The molecular weight excluding hydrogens is 243 g/mol. The predicted molar refractivity (Wildman–Crippen MR) is 63.3 cm³/mol. The number of hydrogen-bond donors (Lipinski definition) is 2. The van der Waals surface area contributed by atoms with Crippen molar-refractivity contribution >= 4 is 5.69 Å². The summed E-state index contributed by atoms with van der Waals surface area (Å²) in [7, 11) is 0. The van der Waals surface area contributed by atoms with E-state index in [0.717, 1.165) is 31.4 Å². The molecule has 1 aromatic carbocycles. The van der Waals surface area contributed by atoms with Gasteiger partial charge in [-0.1, -0.05) is 0 Å². The lowest BCUT2D eigenvalue weighted by Crippen LogP contribution is -2.12. The molecule has 0 spiro atoms. The molecule has 0 amide bonds. The number of benzene rings is 1. The first-order valence-electron chi connectivity index (χ1n) is 6.04. The van der Waals surface area contributed by atoms with Crippen molar-refractivity contribution in [3.8, 4) is 0 Å². The Morgan fingerprint density at radius 3 is 2.33 bits per heavy atom. The van der Waals surface area contributed by atoms with Gasteiger partial charge in [-0.2, -0.15) is 13.2 Å². The van der Waals surface area contributed by atoms with Crippen molar-refractivity contribution in [1.29, 1.82) is 0 Å². The van der Waals surface area contributed by atoms with Gasteiger partial charge in [0.15, 0.2) is 0 Å². The van der Waals surface area contributed by atoms with Gasteiger partial charge in [0.1, 0.15) is 0 Å². The van der Waals surface area contributed by atoms with Crippen LogP contribution >= 0.6 is 0 Å². The Kier molecular flexibility index (Phi) is 3.80. The largest absolute Gasteiger partial charge is 0.416 e. The van der Waals surface area contributed by atoms with Crippen LogP contribution in [0.1, 0.15) is 24.8 Å². The Labute approximate surface area is 104 Å². The minimum Gasteiger partial charge on any atom is -0.393 e. The molecule has 0 aliphatic heterocycles. The Bertz CT molecular complexity index is 388. The van der Waals surface area contributed by atoms with E-state index in [-0.39, 0.29) is 6.10 Å². The molecule has 5 heteroatoms. The average molecular weight is 259 g/mol. The van der Waals surface area contributed by atoms with E-state index < -0.39 is 11.7 Å². The minimum absolute atomic E-state index is 0.218. The second kappa shape index (κ2) is 5.18. The SMILES string of the molecule is OC1CCC(CNc2ccc(C(F)(F)F)cc2)C1.